The lowest BCUT2D eigenvalue weighted by atomic mass is 9.37. The van der Waals surface area contributed by atoms with E-state index in [0.29, 0.717) is 6.42 Å². The van der Waals surface area contributed by atoms with Crippen molar-refractivity contribution in [3.63, 3.8) is 0 Å². The molecule has 2 unspecified atom stereocenters. The predicted molar refractivity (Wildman–Crippen MR) is 140 cm³/mol. The highest BCUT2D eigenvalue weighted by atomic mass is 16.8. The van der Waals surface area contributed by atoms with Crippen LogP contribution in [0, 0.1) is 38.4 Å². The zero-order chi connectivity index (χ0) is 30.6. The van der Waals surface area contributed by atoms with E-state index in [-0.39, 0.29) is 63.3 Å². The van der Waals surface area contributed by atoms with Gasteiger partial charge in [-0.1, -0.05) is 14.4 Å². The van der Waals surface area contributed by atoms with Crippen LogP contribution < -0.4 is 0 Å². The van der Waals surface area contributed by atoms with Crippen LogP contribution in [0.4, 0.5) is 0 Å². The summed E-state index contributed by atoms with van der Waals surface area (Å²) in [6.07, 6.45) is -1.75. The molecule has 11 rings (SSSR count). The second kappa shape index (κ2) is 6.45. The van der Waals surface area contributed by atoms with E-state index >= 15 is 0 Å². The highest BCUT2D eigenvalue weighted by Crippen LogP contribution is 2.98. The summed E-state index contributed by atoms with van der Waals surface area (Å²) in [5.41, 5.74) is -7.74. The van der Waals surface area contributed by atoms with E-state index in [4.69, 9.17) is 33.2 Å². The van der Waals surface area contributed by atoms with Gasteiger partial charge in [0.15, 0.2) is 6.29 Å². The van der Waals surface area contributed by atoms with Crippen molar-refractivity contribution in [3.8, 4) is 0 Å². The molecule has 0 aromatic heterocycles. The molecule has 0 radical (unpaired) electrons. The number of esters is 4. The number of fused-ring (bicyclic) bond motifs is 4. The topological polar surface area (TPSA) is 177 Å². The zero-order valence-electron chi connectivity index (χ0n) is 24.7. The van der Waals surface area contributed by atoms with Crippen molar-refractivity contribution >= 4 is 23.9 Å². The number of ether oxygens (including phenoxy) is 7. The Morgan fingerprint density at radius 2 is 1.34 bits per heavy atom. The summed E-state index contributed by atoms with van der Waals surface area (Å²) in [7, 11) is 0. The van der Waals surface area contributed by atoms with Crippen LogP contribution in [-0.2, 0) is 52.3 Å². The number of aliphatic hydroxyl groups excluding tert-OH is 2. The normalized spacial score (nSPS) is 67.6. The largest absolute Gasteiger partial charge is 0.464 e. The van der Waals surface area contributed by atoms with Crippen LogP contribution >= 0.6 is 0 Å². The Balaban J connectivity index is 0.000000120. The van der Waals surface area contributed by atoms with Gasteiger partial charge in [0.1, 0.15) is 46.4 Å². The minimum atomic E-state index is -1.37. The Morgan fingerprint density at radius 1 is 0.750 bits per heavy atom. The molecule has 4 saturated carbocycles. The summed E-state index contributed by atoms with van der Waals surface area (Å²) in [4.78, 5) is 49.3. The standard InChI is InChI=1S/C16H18O6.C14H16O7.CH4/c1-11-6-20-10(19)12(11,2)9-14-5-8(18)21-15(11,14)4-7(17)16(9)13(14,3)22-16;1-10-5-18-8(16)11(10,2)7-13-4-6(15)19-14(10,13)21-9(17)12(13,3)20-7;/h7,9,17H,4-6H2,1-3H3;7,9,17H,4-5H2,1-3H3;1H4/t7?,9-,11+,12-,13?,14+,15-,16-;7-,9-,10+,11-,12+,13+,14+;/m10./s1. The molecule has 2 N–H and O–H groups in total. The van der Waals surface area contributed by atoms with Crippen LogP contribution in [0.25, 0.3) is 0 Å². The van der Waals surface area contributed by atoms with Crippen LogP contribution in [0.1, 0.15) is 68.2 Å². The average molecular weight is 619 g/mol. The zero-order valence-corrected chi connectivity index (χ0v) is 24.7. The van der Waals surface area contributed by atoms with Gasteiger partial charge < -0.3 is 43.4 Å². The number of carbonyl (C=O) groups is 4. The van der Waals surface area contributed by atoms with Gasteiger partial charge in [-0.05, 0) is 34.6 Å². The molecule has 0 amide bonds. The number of rotatable bonds is 0. The van der Waals surface area contributed by atoms with Gasteiger partial charge in [0, 0.05) is 12.3 Å². The molecule has 240 valence electrons. The Kier molecular flexibility index (Phi) is 4.09. The third-order valence-corrected chi connectivity index (χ3v) is 15.8. The molecule has 15 atom stereocenters. The van der Waals surface area contributed by atoms with Gasteiger partial charge in [-0.3, -0.25) is 19.2 Å². The quantitative estimate of drug-likeness (QED) is 0.218. The molecule has 11 aliphatic rings. The van der Waals surface area contributed by atoms with Gasteiger partial charge in [0.05, 0.1) is 46.7 Å². The number of aliphatic hydroxyl groups is 2. The van der Waals surface area contributed by atoms with Crippen molar-refractivity contribution in [1.29, 1.82) is 0 Å². The molecular weight excluding hydrogens is 580 g/mol. The second-order valence-electron chi connectivity index (χ2n) is 16.1. The highest BCUT2D eigenvalue weighted by Gasteiger charge is 3.11. The maximum absolute atomic E-state index is 12.7. The number of hydrogen-bond acceptors (Lipinski definition) is 13. The van der Waals surface area contributed by atoms with Gasteiger partial charge in [0.2, 0.25) is 5.79 Å². The molecule has 44 heavy (non-hydrogen) atoms. The third-order valence-electron chi connectivity index (χ3n) is 15.8. The molecule has 7 heterocycles. The Morgan fingerprint density at radius 3 is 2.02 bits per heavy atom. The van der Waals surface area contributed by atoms with Crippen LogP contribution in [0.2, 0.25) is 0 Å². The first-order chi connectivity index (χ1) is 19.9. The van der Waals surface area contributed by atoms with Crippen molar-refractivity contribution in [1.82, 2.24) is 0 Å². The fourth-order valence-electron chi connectivity index (χ4n) is 13.6. The average Bonchev–Trinajstić information content (AvgIpc) is 3.34. The van der Waals surface area contributed by atoms with E-state index in [0.717, 1.165) is 0 Å². The van der Waals surface area contributed by atoms with Crippen molar-refractivity contribution in [3.05, 3.63) is 0 Å². The summed E-state index contributed by atoms with van der Waals surface area (Å²) in [5, 5.41) is 21.1. The van der Waals surface area contributed by atoms with Crippen molar-refractivity contribution in [2.45, 2.75) is 115 Å². The molecule has 0 aromatic carbocycles. The van der Waals surface area contributed by atoms with Crippen LogP contribution in [-0.4, -0.2) is 94.0 Å². The van der Waals surface area contributed by atoms with E-state index in [2.05, 4.69) is 0 Å². The fourth-order valence-corrected chi connectivity index (χ4v) is 13.6. The minimum Gasteiger partial charge on any atom is -0.464 e. The van der Waals surface area contributed by atoms with Gasteiger partial charge in [-0.2, -0.15) is 0 Å². The number of hydrogen-bond donors (Lipinski definition) is 2. The van der Waals surface area contributed by atoms with E-state index in [1.54, 1.807) is 13.8 Å². The SMILES string of the molecule is C.CC12O[C@@]13C(O)C[C@]14OC(=O)C[C@]21[C@H]3[C@]1(C)C(=O)OC[C@]41C.C[C@@]12COC(=O)[C@]1(C)[C@@H]1O[C@]3(C)[C@@H](O)O[C@]24OC(=O)C[C@]143. The van der Waals surface area contributed by atoms with Gasteiger partial charge in [0.25, 0.3) is 0 Å². The van der Waals surface area contributed by atoms with Gasteiger partial charge in [-0.25, -0.2) is 0 Å². The first kappa shape index (κ1) is 27.9. The smallest absolute Gasteiger partial charge is 0.315 e. The number of cyclic esters (lactones) is 2. The predicted octanol–water partition coefficient (Wildman–Crippen LogP) is 0.505. The lowest BCUT2D eigenvalue weighted by molar-refractivity contribution is -0.338. The monoisotopic (exact) mass is 618 g/mol. The van der Waals surface area contributed by atoms with Crippen LogP contribution in [0.5, 0.6) is 0 Å². The third kappa shape index (κ3) is 1.76. The van der Waals surface area contributed by atoms with E-state index in [1.807, 2.05) is 27.7 Å². The summed E-state index contributed by atoms with van der Waals surface area (Å²) in [6.45, 7) is 11.5. The minimum absolute atomic E-state index is 0. The summed E-state index contributed by atoms with van der Waals surface area (Å²) < 4.78 is 40.1. The Hall–Kier alpha value is -2.32. The molecule has 7 aliphatic heterocycles. The lowest BCUT2D eigenvalue weighted by Crippen LogP contribution is -2.77. The van der Waals surface area contributed by atoms with Crippen LogP contribution in [0.3, 0.4) is 0 Å². The molecule has 0 aromatic rings. The maximum atomic E-state index is 12.7. The first-order valence-corrected chi connectivity index (χ1v) is 15.1. The highest BCUT2D eigenvalue weighted by molar-refractivity contribution is 5.89. The molecule has 11 fully saturated rings. The summed E-state index contributed by atoms with van der Waals surface area (Å²) >= 11 is 0. The second-order valence-corrected chi connectivity index (χ2v) is 16.1. The van der Waals surface area contributed by atoms with Crippen LogP contribution in [0.15, 0.2) is 0 Å². The van der Waals surface area contributed by atoms with Crippen molar-refractivity contribution in [2.75, 3.05) is 13.2 Å². The lowest BCUT2D eigenvalue weighted by Gasteiger charge is -2.62. The number of epoxide rings is 1. The van der Waals surface area contributed by atoms with E-state index in [9.17, 15) is 29.4 Å². The molecule has 4 aliphatic carbocycles. The summed E-state index contributed by atoms with van der Waals surface area (Å²) in [5.74, 6) is -2.81. The number of carbonyl (C=O) groups excluding carboxylic acids is 4. The fraction of sp³-hybridized carbons (Fsp3) is 0.871. The first-order valence-electron chi connectivity index (χ1n) is 15.1. The summed E-state index contributed by atoms with van der Waals surface area (Å²) in [6, 6.07) is 0. The molecule has 7 saturated heterocycles. The molecule has 2 spiro atoms. The molecule has 13 nitrogen and oxygen atoms in total. The Labute approximate surface area is 253 Å². The maximum Gasteiger partial charge on any atom is 0.315 e. The van der Waals surface area contributed by atoms with E-state index in [1.165, 1.54) is 0 Å². The van der Waals surface area contributed by atoms with E-state index < -0.39 is 79.2 Å². The van der Waals surface area contributed by atoms with Crippen molar-refractivity contribution in [2.24, 2.45) is 38.4 Å². The van der Waals surface area contributed by atoms with Gasteiger partial charge in [-0.15, -0.1) is 0 Å². The van der Waals surface area contributed by atoms with Crippen molar-refractivity contribution < 1.29 is 62.5 Å². The molecule has 2 bridgehead atoms. The molecular formula is C31H38O13. The Bertz CT molecular complexity index is 1580. The van der Waals surface area contributed by atoms with Gasteiger partial charge >= 0.3 is 23.9 Å². The molecule has 13 heteroatoms.